The van der Waals surface area contributed by atoms with Crippen molar-refractivity contribution in [1.29, 1.82) is 5.26 Å². The van der Waals surface area contributed by atoms with Gasteiger partial charge in [-0.25, -0.2) is 0 Å². The van der Waals surface area contributed by atoms with E-state index < -0.39 is 42.5 Å². The Morgan fingerprint density at radius 1 is 0.800 bits per heavy atom. The second-order valence-electron chi connectivity index (χ2n) is 7.66. The van der Waals surface area contributed by atoms with Gasteiger partial charge in [-0.15, -0.1) is 0 Å². The van der Waals surface area contributed by atoms with Crippen LogP contribution in [0.4, 0.5) is 0 Å². The molecule has 182 valence electrons. The Morgan fingerprint density at radius 2 is 1.31 bits per heavy atom. The zero-order valence-electron chi connectivity index (χ0n) is 19.3. The summed E-state index contributed by atoms with van der Waals surface area (Å²) >= 11 is 0. The van der Waals surface area contributed by atoms with Crippen LogP contribution in [0.5, 0.6) is 5.75 Å². The summed E-state index contributed by atoms with van der Waals surface area (Å²) in [5.41, 5.74) is 1.25. The van der Waals surface area contributed by atoms with Gasteiger partial charge in [-0.3, -0.25) is 19.2 Å². The molecule has 0 unspecified atom stereocenters. The molecule has 1 aliphatic rings. The minimum atomic E-state index is -1.23. The molecule has 0 spiro atoms. The second-order valence-corrected chi connectivity index (χ2v) is 7.66. The topological polar surface area (TPSA) is 138 Å². The van der Waals surface area contributed by atoms with E-state index in [1.54, 1.807) is 36.4 Å². The zero-order valence-corrected chi connectivity index (χ0v) is 19.3. The highest BCUT2D eigenvalue weighted by Gasteiger charge is 2.48. The first kappa shape index (κ1) is 25.4. The lowest BCUT2D eigenvalue weighted by Gasteiger charge is -2.40. The van der Waals surface area contributed by atoms with E-state index in [4.69, 9.17) is 28.9 Å². The number of hydrogen-bond donors (Lipinski definition) is 0. The minimum Gasteiger partial charge on any atom is -0.461 e. The molecule has 0 N–H and O–H groups in total. The summed E-state index contributed by atoms with van der Waals surface area (Å²) < 4.78 is 27.2. The van der Waals surface area contributed by atoms with Crippen molar-refractivity contribution in [2.24, 2.45) is 0 Å². The van der Waals surface area contributed by atoms with Crippen molar-refractivity contribution >= 4 is 23.7 Å². The lowest BCUT2D eigenvalue weighted by atomic mass is 10.0. The van der Waals surface area contributed by atoms with E-state index in [-0.39, 0.29) is 18.1 Å². The molecule has 0 bridgehead atoms. The largest absolute Gasteiger partial charge is 0.461 e. The Morgan fingerprint density at radius 3 is 1.83 bits per heavy atom. The van der Waals surface area contributed by atoms with Crippen molar-refractivity contribution in [2.45, 2.75) is 45.4 Å². The fourth-order valence-corrected chi connectivity index (χ4v) is 3.49. The first-order valence-corrected chi connectivity index (χ1v) is 10.6. The maximum Gasteiger partial charge on any atom is 0.303 e. The van der Waals surface area contributed by atoms with Crippen LogP contribution in [-0.4, -0.2) is 54.9 Å². The summed E-state index contributed by atoms with van der Waals surface area (Å²) in [5.74, 6) is -1.94. The molecule has 10 nitrogen and oxygen atoms in total. The standard InChI is InChI=1S/C25H23NO9/c1-14(27)32-21-13-31-25(24(34-16(3)29)23(21)33-15(2)28)35-20-10-8-19(9-11-20)22(30)18-6-4-17(12-26)5-7-18/h4-11,21,23-25H,13H2,1-3H3/t21-,23-,24-,25+/m1/s1. The van der Waals surface area contributed by atoms with E-state index >= 15 is 0 Å². The summed E-state index contributed by atoms with van der Waals surface area (Å²) in [6.45, 7) is 3.36. The van der Waals surface area contributed by atoms with E-state index in [2.05, 4.69) is 0 Å². The molecule has 1 saturated heterocycles. The number of benzene rings is 2. The van der Waals surface area contributed by atoms with Crippen LogP contribution in [0.2, 0.25) is 0 Å². The summed E-state index contributed by atoms with van der Waals surface area (Å²) in [5, 5.41) is 8.90. The van der Waals surface area contributed by atoms with Gasteiger partial charge in [0.2, 0.25) is 12.4 Å². The SMILES string of the molecule is CC(=O)O[C@H]1[C@H](Oc2ccc(C(=O)c3ccc(C#N)cc3)cc2)OC[C@@H](OC(C)=O)[C@H]1OC(C)=O. The van der Waals surface area contributed by atoms with E-state index in [9.17, 15) is 19.2 Å². The molecule has 2 aromatic carbocycles. The van der Waals surface area contributed by atoms with Gasteiger partial charge in [0.15, 0.2) is 18.0 Å². The third kappa shape index (κ3) is 6.65. The number of nitrogens with zero attached hydrogens (tertiary/aromatic N) is 1. The molecule has 1 aliphatic heterocycles. The van der Waals surface area contributed by atoms with Gasteiger partial charge in [-0.1, -0.05) is 0 Å². The van der Waals surface area contributed by atoms with Crippen molar-refractivity contribution in [3.63, 3.8) is 0 Å². The molecule has 1 fully saturated rings. The molecule has 0 amide bonds. The van der Waals surface area contributed by atoms with Crippen LogP contribution in [0.15, 0.2) is 48.5 Å². The highest BCUT2D eigenvalue weighted by Crippen LogP contribution is 2.27. The first-order valence-electron chi connectivity index (χ1n) is 10.6. The highest BCUT2D eigenvalue weighted by molar-refractivity contribution is 6.09. The van der Waals surface area contributed by atoms with Crippen LogP contribution in [0, 0.1) is 11.3 Å². The third-order valence-corrected chi connectivity index (χ3v) is 4.95. The monoisotopic (exact) mass is 481 g/mol. The lowest BCUT2D eigenvalue weighted by molar-refractivity contribution is -0.259. The Bertz CT molecular complexity index is 1140. The molecule has 0 aliphatic carbocycles. The average molecular weight is 481 g/mol. The number of carbonyl (C=O) groups excluding carboxylic acids is 4. The third-order valence-electron chi connectivity index (χ3n) is 4.95. The molecule has 1 heterocycles. The van der Waals surface area contributed by atoms with Gasteiger partial charge in [-0.05, 0) is 48.5 Å². The molecule has 0 saturated carbocycles. The van der Waals surface area contributed by atoms with Gasteiger partial charge in [0, 0.05) is 31.9 Å². The molecule has 10 heteroatoms. The summed E-state index contributed by atoms with van der Waals surface area (Å²) in [4.78, 5) is 47.6. The average Bonchev–Trinajstić information content (AvgIpc) is 2.82. The number of nitriles is 1. The van der Waals surface area contributed by atoms with Crippen molar-refractivity contribution in [3.05, 3.63) is 65.2 Å². The maximum atomic E-state index is 12.7. The van der Waals surface area contributed by atoms with Gasteiger partial charge >= 0.3 is 17.9 Å². The van der Waals surface area contributed by atoms with Crippen LogP contribution in [0.25, 0.3) is 0 Å². The van der Waals surface area contributed by atoms with Crippen LogP contribution in [0.3, 0.4) is 0 Å². The van der Waals surface area contributed by atoms with Gasteiger partial charge in [-0.2, -0.15) is 5.26 Å². The molecular weight excluding hydrogens is 458 g/mol. The van der Waals surface area contributed by atoms with E-state index in [0.29, 0.717) is 16.7 Å². The smallest absolute Gasteiger partial charge is 0.303 e. The number of hydrogen-bond acceptors (Lipinski definition) is 10. The summed E-state index contributed by atoms with van der Waals surface area (Å²) in [7, 11) is 0. The van der Waals surface area contributed by atoms with Crippen molar-refractivity contribution in [3.8, 4) is 11.8 Å². The molecule has 0 aromatic heterocycles. The van der Waals surface area contributed by atoms with Gasteiger partial charge < -0.3 is 23.7 Å². The number of esters is 3. The van der Waals surface area contributed by atoms with E-state index in [0.717, 1.165) is 0 Å². The second kappa shape index (κ2) is 11.3. The van der Waals surface area contributed by atoms with Crippen LogP contribution < -0.4 is 4.74 Å². The fraction of sp³-hybridized carbons (Fsp3) is 0.320. The Balaban J connectivity index is 1.78. The zero-order chi connectivity index (χ0) is 25.5. The summed E-state index contributed by atoms with van der Waals surface area (Å²) in [6.07, 6.45) is -4.58. The molecule has 3 rings (SSSR count). The van der Waals surface area contributed by atoms with Gasteiger partial charge in [0.25, 0.3) is 0 Å². The van der Waals surface area contributed by atoms with Gasteiger partial charge in [0.05, 0.1) is 18.2 Å². The van der Waals surface area contributed by atoms with Crippen LogP contribution in [-0.2, 0) is 33.3 Å². The Hall–Kier alpha value is -4.23. The van der Waals surface area contributed by atoms with Gasteiger partial charge in [0.1, 0.15) is 5.75 Å². The molecular formula is C25H23NO9. The molecule has 4 atom stereocenters. The summed E-state index contributed by atoms with van der Waals surface area (Å²) in [6, 6.07) is 14.4. The van der Waals surface area contributed by atoms with Crippen molar-refractivity contribution in [2.75, 3.05) is 6.61 Å². The number of ketones is 1. The van der Waals surface area contributed by atoms with E-state index in [1.165, 1.54) is 32.9 Å². The molecule has 35 heavy (non-hydrogen) atoms. The number of carbonyl (C=O) groups is 4. The van der Waals surface area contributed by atoms with E-state index in [1.807, 2.05) is 6.07 Å². The fourth-order valence-electron chi connectivity index (χ4n) is 3.49. The predicted molar refractivity (Wildman–Crippen MR) is 118 cm³/mol. The Labute approximate surface area is 201 Å². The quantitative estimate of drug-likeness (QED) is 0.329. The number of rotatable bonds is 7. The highest BCUT2D eigenvalue weighted by atomic mass is 16.7. The van der Waals surface area contributed by atoms with Crippen LogP contribution in [0.1, 0.15) is 42.3 Å². The first-order chi connectivity index (χ1) is 16.7. The molecule has 2 aromatic rings. The normalized spacial score (nSPS) is 21.2. The van der Waals surface area contributed by atoms with Crippen molar-refractivity contribution in [1.82, 2.24) is 0 Å². The van der Waals surface area contributed by atoms with Crippen molar-refractivity contribution < 1.29 is 42.9 Å². The lowest BCUT2D eigenvalue weighted by Crippen LogP contribution is -2.59. The Kier molecular flexibility index (Phi) is 8.17. The molecule has 0 radical (unpaired) electrons. The number of ether oxygens (including phenoxy) is 5. The maximum absolute atomic E-state index is 12.7. The minimum absolute atomic E-state index is 0.171. The predicted octanol–water partition coefficient (Wildman–Crippen LogP) is 2.32. The van der Waals surface area contributed by atoms with Crippen LogP contribution >= 0.6 is 0 Å².